The number of rotatable bonds is 2. The van der Waals surface area contributed by atoms with Gasteiger partial charge in [-0.3, -0.25) is 4.79 Å². The summed E-state index contributed by atoms with van der Waals surface area (Å²) in [6.45, 7) is 2.05. The normalized spacial score (nSPS) is 20.7. The van der Waals surface area contributed by atoms with Gasteiger partial charge in [0.1, 0.15) is 5.82 Å². The third kappa shape index (κ3) is 2.79. The zero-order valence-corrected chi connectivity index (χ0v) is 11.0. The lowest BCUT2D eigenvalue weighted by Crippen LogP contribution is -2.47. The molecule has 1 fully saturated rings. The molecule has 1 aliphatic rings. The van der Waals surface area contributed by atoms with Crippen LogP contribution in [0.15, 0.2) is 18.3 Å². The second kappa shape index (κ2) is 5.35. The van der Waals surface area contributed by atoms with Crippen molar-refractivity contribution in [1.29, 1.82) is 0 Å². The van der Waals surface area contributed by atoms with Gasteiger partial charge in [-0.1, -0.05) is 0 Å². The van der Waals surface area contributed by atoms with E-state index in [0.717, 1.165) is 25.9 Å². The number of aromatic nitrogens is 1. The van der Waals surface area contributed by atoms with Crippen LogP contribution in [0.3, 0.4) is 0 Å². The SMILES string of the molecule is CN1CCCC(N(C)C(=O)c2ccc(N)nc2)C1. The molecule has 1 saturated heterocycles. The zero-order valence-electron chi connectivity index (χ0n) is 11.0. The van der Waals surface area contributed by atoms with Crippen molar-refractivity contribution in [3.05, 3.63) is 23.9 Å². The number of pyridine rings is 1. The third-order valence-electron chi connectivity index (χ3n) is 3.50. The van der Waals surface area contributed by atoms with Gasteiger partial charge in [0.2, 0.25) is 0 Å². The van der Waals surface area contributed by atoms with Crippen LogP contribution in [-0.4, -0.2) is 53.9 Å². The molecule has 2 rings (SSSR count). The van der Waals surface area contributed by atoms with E-state index in [2.05, 4.69) is 16.9 Å². The van der Waals surface area contributed by atoms with E-state index in [0.29, 0.717) is 11.4 Å². The molecule has 1 unspecified atom stereocenters. The molecule has 1 aromatic rings. The van der Waals surface area contributed by atoms with Gasteiger partial charge in [0.15, 0.2) is 0 Å². The summed E-state index contributed by atoms with van der Waals surface area (Å²) in [5, 5.41) is 0. The minimum atomic E-state index is 0.0165. The van der Waals surface area contributed by atoms with Gasteiger partial charge in [0.25, 0.3) is 5.91 Å². The average Bonchev–Trinajstić information content (AvgIpc) is 2.38. The molecule has 1 aromatic heterocycles. The molecular formula is C13H20N4O. The van der Waals surface area contributed by atoms with E-state index in [1.807, 2.05) is 11.9 Å². The van der Waals surface area contributed by atoms with Crippen molar-refractivity contribution < 1.29 is 4.79 Å². The summed E-state index contributed by atoms with van der Waals surface area (Å²) >= 11 is 0. The number of hydrogen-bond acceptors (Lipinski definition) is 4. The van der Waals surface area contributed by atoms with Crippen LogP contribution in [0.5, 0.6) is 0 Å². The largest absolute Gasteiger partial charge is 0.384 e. The van der Waals surface area contributed by atoms with Crippen LogP contribution in [0.2, 0.25) is 0 Å². The maximum absolute atomic E-state index is 12.3. The summed E-state index contributed by atoms with van der Waals surface area (Å²) < 4.78 is 0. The monoisotopic (exact) mass is 248 g/mol. The number of likely N-dealkylation sites (N-methyl/N-ethyl adjacent to an activating group) is 2. The zero-order chi connectivity index (χ0) is 13.1. The van der Waals surface area contributed by atoms with E-state index < -0.39 is 0 Å². The highest BCUT2D eigenvalue weighted by Crippen LogP contribution is 2.16. The molecular weight excluding hydrogens is 228 g/mol. The molecule has 98 valence electrons. The Labute approximate surface area is 108 Å². The Balaban J connectivity index is 2.06. The number of carbonyl (C=O) groups excluding carboxylic acids is 1. The van der Waals surface area contributed by atoms with E-state index in [1.165, 1.54) is 0 Å². The molecule has 18 heavy (non-hydrogen) atoms. The summed E-state index contributed by atoms with van der Waals surface area (Å²) in [6.07, 6.45) is 3.74. The number of nitrogens with zero attached hydrogens (tertiary/aromatic N) is 3. The van der Waals surface area contributed by atoms with Crippen molar-refractivity contribution in [3.8, 4) is 0 Å². The Bertz CT molecular complexity index is 418. The lowest BCUT2D eigenvalue weighted by atomic mass is 10.0. The third-order valence-corrected chi connectivity index (χ3v) is 3.50. The van der Waals surface area contributed by atoms with Crippen molar-refractivity contribution in [3.63, 3.8) is 0 Å². The standard InChI is InChI=1S/C13H20N4O/c1-16-7-3-4-11(9-16)17(2)13(18)10-5-6-12(14)15-8-10/h5-6,8,11H,3-4,7,9H2,1-2H3,(H2,14,15). The average molecular weight is 248 g/mol. The molecule has 0 radical (unpaired) electrons. The summed E-state index contributed by atoms with van der Waals surface area (Å²) in [4.78, 5) is 20.3. The fourth-order valence-electron chi connectivity index (χ4n) is 2.36. The Morgan fingerprint density at radius 3 is 2.94 bits per heavy atom. The van der Waals surface area contributed by atoms with Crippen molar-refractivity contribution in [2.75, 3.05) is 32.9 Å². The van der Waals surface area contributed by atoms with Crippen LogP contribution in [-0.2, 0) is 0 Å². The van der Waals surface area contributed by atoms with Gasteiger partial charge in [-0.05, 0) is 38.6 Å². The molecule has 1 aliphatic heterocycles. The number of hydrogen-bond donors (Lipinski definition) is 1. The highest BCUT2D eigenvalue weighted by Gasteiger charge is 2.25. The first-order valence-electron chi connectivity index (χ1n) is 6.25. The smallest absolute Gasteiger partial charge is 0.255 e. The topological polar surface area (TPSA) is 62.5 Å². The molecule has 5 nitrogen and oxygen atoms in total. The van der Waals surface area contributed by atoms with Gasteiger partial charge in [0, 0.05) is 25.8 Å². The molecule has 2 heterocycles. The highest BCUT2D eigenvalue weighted by atomic mass is 16.2. The first-order chi connectivity index (χ1) is 8.58. The number of carbonyl (C=O) groups is 1. The highest BCUT2D eigenvalue weighted by molar-refractivity contribution is 5.94. The van der Waals surface area contributed by atoms with Crippen molar-refractivity contribution in [1.82, 2.24) is 14.8 Å². The Hall–Kier alpha value is -1.62. The summed E-state index contributed by atoms with van der Waals surface area (Å²) in [7, 11) is 3.96. The molecule has 5 heteroatoms. The number of nitrogen functional groups attached to an aromatic ring is 1. The van der Waals surface area contributed by atoms with E-state index in [9.17, 15) is 4.79 Å². The van der Waals surface area contributed by atoms with E-state index >= 15 is 0 Å². The van der Waals surface area contributed by atoms with Gasteiger partial charge in [0.05, 0.1) is 5.56 Å². The first-order valence-corrected chi connectivity index (χ1v) is 6.25. The Kier molecular flexibility index (Phi) is 3.81. The van der Waals surface area contributed by atoms with Gasteiger partial charge in [-0.25, -0.2) is 4.98 Å². The number of anilines is 1. The van der Waals surface area contributed by atoms with Crippen LogP contribution in [0, 0.1) is 0 Å². The van der Waals surface area contributed by atoms with Crippen molar-refractivity contribution in [2.24, 2.45) is 0 Å². The summed E-state index contributed by atoms with van der Waals surface area (Å²) in [5.74, 6) is 0.453. The van der Waals surface area contributed by atoms with Crippen molar-refractivity contribution in [2.45, 2.75) is 18.9 Å². The maximum Gasteiger partial charge on any atom is 0.255 e. The number of piperidine rings is 1. The minimum absolute atomic E-state index is 0.0165. The minimum Gasteiger partial charge on any atom is -0.384 e. The number of likely N-dealkylation sites (tertiary alicyclic amines) is 1. The van der Waals surface area contributed by atoms with Gasteiger partial charge in [-0.15, -0.1) is 0 Å². The van der Waals surface area contributed by atoms with Crippen molar-refractivity contribution >= 4 is 11.7 Å². The van der Waals surface area contributed by atoms with Crippen LogP contribution in [0.4, 0.5) is 5.82 Å². The predicted octanol–water partition coefficient (Wildman–Crippen LogP) is 0.830. The van der Waals surface area contributed by atoms with Crippen LogP contribution in [0.25, 0.3) is 0 Å². The number of nitrogens with two attached hydrogens (primary N) is 1. The maximum atomic E-state index is 12.3. The second-order valence-electron chi connectivity index (χ2n) is 4.95. The summed E-state index contributed by atoms with van der Waals surface area (Å²) in [6, 6.07) is 3.68. The second-order valence-corrected chi connectivity index (χ2v) is 4.95. The molecule has 0 bridgehead atoms. The van der Waals surface area contributed by atoms with Crippen LogP contribution >= 0.6 is 0 Å². The lowest BCUT2D eigenvalue weighted by Gasteiger charge is -2.35. The fourth-order valence-corrected chi connectivity index (χ4v) is 2.36. The molecule has 1 atom stereocenters. The van der Waals surface area contributed by atoms with E-state index in [-0.39, 0.29) is 11.9 Å². The van der Waals surface area contributed by atoms with E-state index in [1.54, 1.807) is 18.3 Å². The van der Waals surface area contributed by atoms with Crippen LogP contribution < -0.4 is 5.73 Å². The lowest BCUT2D eigenvalue weighted by molar-refractivity contribution is 0.0643. The van der Waals surface area contributed by atoms with Crippen LogP contribution in [0.1, 0.15) is 23.2 Å². The molecule has 0 aliphatic carbocycles. The molecule has 1 amide bonds. The molecule has 0 aromatic carbocycles. The molecule has 0 spiro atoms. The molecule has 2 N–H and O–H groups in total. The van der Waals surface area contributed by atoms with Gasteiger partial charge in [-0.2, -0.15) is 0 Å². The molecule has 0 saturated carbocycles. The number of amides is 1. The van der Waals surface area contributed by atoms with Gasteiger partial charge >= 0.3 is 0 Å². The first kappa shape index (κ1) is 12.8. The van der Waals surface area contributed by atoms with Gasteiger partial charge < -0.3 is 15.5 Å². The summed E-state index contributed by atoms with van der Waals surface area (Å²) in [5.41, 5.74) is 6.12. The van der Waals surface area contributed by atoms with E-state index in [4.69, 9.17) is 5.73 Å². The predicted molar refractivity (Wildman–Crippen MR) is 71.3 cm³/mol. The fraction of sp³-hybridized carbons (Fsp3) is 0.538. The Morgan fingerprint density at radius 2 is 2.33 bits per heavy atom. The Morgan fingerprint density at radius 1 is 1.56 bits per heavy atom. The quantitative estimate of drug-likeness (QED) is 0.842.